The quantitative estimate of drug-likeness (QED) is 0.307. The first kappa shape index (κ1) is 31.3. The molecule has 0 aliphatic carbocycles. The molecule has 0 fully saturated rings. The molecule has 32 heavy (non-hydrogen) atoms. The zero-order chi connectivity index (χ0) is 25.5. The Labute approximate surface area is 200 Å². The lowest BCUT2D eigenvalue weighted by Gasteiger charge is -2.38. The van der Waals surface area contributed by atoms with E-state index in [4.69, 9.17) is 0 Å². The lowest BCUT2D eigenvalue weighted by molar-refractivity contribution is -0.131. The van der Waals surface area contributed by atoms with Crippen molar-refractivity contribution in [2.24, 2.45) is 16.7 Å². The van der Waals surface area contributed by atoms with Crippen LogP contribution in [0.3, 0.4) is 0 Å². The molecular formula is C28H56N2O2. The van der Waals surface area contributed by atoms with Gasteiger partial charge >= 0.3 is 0 Å². The molecule has 0 aliphatic rings. The van der Waals surface area contributed by atoms with Gasteiger partial charge in [0.2, 0.25) is 0 Å². The van der Waals surface area contributed by atoms with E-state index in [1.54, 1.807) is 0 Å². The summed E-state index contributed by atoms with van der Waals surface area (Å²) in [6.45, 7) is 27.4. The Bertz CT molecular complexity index is 592. The molecule has 2 atom stereocenters. The van der Waals surface area contributed by atoms with E-state index in [0.29, 0.717) is 11.7 Å². The molecule has 0 aliphatic heterocycles. The van der Waals surface area contributed by atoms with Crippen molar-refractivity contribution in [3.8, 4) is 0 Å². The summed E-state index contributed by atoms with van der Waals surface area (Å²) < 4.78 is 0. The molecule has 0 spiro atoms. The number of carbonyl (C=O) groups excluding carboxylic acids is 2. The minimum atomic E-state index is -0.427. The molecule has 0 bridgehead atoms. The van der Waals surface area contributed by atoms with Gasteiger partial charge in [-0.3, -0.25) is 9.59 Å². The third kappa shape index (κ3) is 11.9. The van der Waals surface area contributed by atoms with Crippen molar-refractivity contribution in [2.45, 2.75) is 152 Å². The summed E-state index contributed by atoms with van der Waals surface area (Å²) in [4.78, 5) is 26.6. The van der Waals surface area contributed by atoms with Crippen LogP contribution in [0.5, 0.6) is 0 Å². The Kier molecular flexibility index (Phi) is 11.8. The minimum absolute atomic E-state index is 0.105. The number of ketones is 2. The van der Waals surface area contributed by atoms with Crippen LogP contribution in [0.4, 0.5) is 0 Å². The highest BCUT2D eigenvalue weighted by molar-refractivity contribution is 5.89. The van der Waals surface area contributed by atoms with Crippen molar-refractivity contribution in [1.82, 2.24) is 10.6 Å². The van der Waals surface area contributed by atoms with Gasteiger partial charge in [0.15, 0.2) is 11.6 Å². The average molecular weight is 453 g/mol. The Morgan fingerprint density at radius 1 is 0.750 bits per heavy atom. The lowest BCUT2D eigenvalue weighted by Crippen LogP contribution is -2.54. The predicted molar refractivity (Wildman–Crippen MR) is 139 cm³/mol. The van der Waals surface area contributed by atoms with Gasteiger partial charge < -0.3 is 10.6 Å². The number of rotatable bonds is 14. The van der Waals surface area contributed by atoms with Crippen molar-refractivity contribution < 1.29 is 9.59 Å². The molecule has 4 nitrogen and oxygen atoms in total. The summed E-state index contributed by atoms with van der Waals surface area (Å²) in [6, 6.07) is -0.277. The van der Waals surface area contributed by atoms with Crippen LogP contribution < -0.4 is 10.6 Å². The monoisotopic (exact) mass is 452 g/mol. The van der Waals surface area contributed by atoms with Crippen LogP contribution in [0.2, 0.25) is 0 Å². The van der Waals surface area contributed by atoms with Gasteiger partial charge in [0.25, 0.3) is 0 Å². The van der Waals surface area contributed by atoms with E-state index in [1.807, 2.05) is 20.8 Å². The summed E-state index contributed by atoms with van der Waals surface area (Å²) in [5.41, 5.74) is -1.11. The Morgan fingerprint density at radius 2 is 1.28 bits per heavy atom. The number of carbonyl (C=O) groups is 2. The van der Waals surface area contributed by atoms with Gasteiger partial charge in [-0.15, -0.1) is 0 Å². The molecule has 0 unspecified atom stereocenters. The number of nitrogens with one attached hydrogen (secondary N) is 2. The van der Waals surface area contributed by atoms with Crippen LogP contribution >= 0.6 is 0 Å². The van der Waals surface area contributed by atoms with Gasteiger partial charge in [-0.05, 0) is 66.2 Å². The van der Waals surface area contributed by atoms with Crippen molar-refractivity contribution in [1.29, 1.82) is 0 Å². The first-order chi connectivity index (χ1) is 14.2. The molecule has 2 N–H and O–H groups in total. The predicted octanol–water partition coefficient (Wildman–Crippen LogP) is 6.71. The van der Waals surface area contributed by atoms with Gasteiger partial charge in [-0.2, -0.15) is 0 Å². The zero-order valence-electron chi connectivity index (χ0n) is 23.8. The maximum atomic E-state index is 13.6. The third-order valence-electron chi connectivity index (χ3n) is 6.14. The molecule has 0 radical (unpaired) electrons. The smallest absolute Gasteiger partial charge is 0.155 e. The summed E-state index contributed by atoms with van der Waals surface area (Å²) in [5, 5.41) is 7.24. The SMILES string of the molecule is CCCC[C@@H](NC(C)(C)CCC(C)(C)C(=O)[C@@H](CC(C)C)NC(C)(C)C)C(=O)C(C)(C)C. The molecular weight excluding hydrogens is 396 g/mol. The highest BCUT2D eigenvalue weighted by atomic mass is 16.1. The van der Waals surface area contributed by atoms with E-state index in [1.165, 1.54) is 0 Å². The van der Waals surface area contributed by atoms with Crippen molar-refractivity contribution in [3.05, 3.63) is 0 Å². The first-order valence-electron chi connectivity index (χ1n) is 12.9. The fraction of sp³-hybridized carbons (Fsp3) is 0.929. The molecule has 0 amide bonds. The molecule has 4 heteroatoms. The van der Waals surface area contributed by atoms with E-state index < -0.39 is 5.41 Å². The largest absolute Gasteiger partial charge is 0.303 e. The fourth-order valence-corrected chi connectivity index (χ4v) is 4.19. The van der Waals surface area contributed by atoms with Crippen LogP contribution in [0.25, 0.3) is 0 Å². The van der Waals surface area contributed by atoms with Gasteiger partial charge in [0, 0.05) is 21.9 Å². The van der Waals surface area contributed by atoms with Gasteiger partial charge in [0.1, 0.15) is 0 Å². The number of Topliss-reactive ketones (excluding diaryl/α,β-unsaturated/α-hetero) is 2. The topological polar surface area (TPSA) is 58.2 Å². The van der Waals surface area contributed by atoms with E-state index in [0.717, 1.165) is 38.5 Å². The standard InChI is InChI=1S/C28H56N2O2/c1-14-15-16-21(23(31)25(4,5)6)30-28(12,13)18-17-27(10,11)24(32)22(19-20(2)3)29-26(7,8)9/h20-22,29-30H,14-19H2,1-13H3/t21-,22-/m1/s1. The molecule has 0 saturated heterocycles. The zero-order valence-corrected chi connectivity index (χ0v) is 23.8. The van der Waals surface area contributed by atoms with E-state index in [-0.39, 0.29) is 34.4 Å². The Morgan fingerprint density at radius 3 is 1.69 bits per heavy atom. The molecule has 0 rings (SSSR count). The second-order valence-corrected chi connectivity index (χ2v) is 13.7. The van der Waals surface area contributed by atoms with E-state index in [2.05, 4.69) is 79.9 Å². The van der Waals surface area contributed by atoms with Crippen molar-refractivity contribution in [2.75, 3.05) is 0 Å². The molecule has 0 heterocycles. The molecule has 0 aromatic rings. The first-order valence-corrected chi connectivity index (χ1v) is 12.9. The minimum Gasteiger partial charge on any atom is -0.303 e. The van der Waals surface area contributed by atoms with Crippen LogP contribution in [0, 0.1) is 16.7 Å². The van der Waals surface area contributed by atoms with Crippen molar-refractivity contribution in [3.63, 3.8) is 0 Å². The second-order valence-electron chi connectivity index (χ2n) is 13.7. The Hall–Kier alpha value is -0.740. The molecule has 0 saturated carbocycles. The van der Waals surface area contributed by atoms with Crippen LogP contribution in [0.1, 0.15) is 129 Å². The van der Waals surface area contributed by atoms with Gasteiger partial charge in [-0.25, -0.2) is 0 Å². The lowest BCUT2D eigenvalue weighted by atomic mass is 9.75. The van der Waals surface area contributed by atoms with E-state index in [9.17, 15) is 9.59 Å². The maximum absolute atomic E-state index is 13.6. The van der Waals surface area contributed by atoms with E-state index >= 15 is 0 Å². The van der Waals surface area contributed by atoms with Crippen LogP contribution in [0.15, 0.2) is 0 Å². The molecule has 0 aromatic carbocycles. The summed E-state index contributed by atoms with van der Waals surface area (Å²) in [6.07, 6.45) is 5.46. The number of hydrogen-bond donors (Lipinski definition) is 2. The third-order valence-corrected chi connectivity index (χ3v) is 6.14. The highest BCUT2D eigenvalue weighted by Crippen LogP contribution is 2.31. The highest BCUT2D eigenvalue weighted by Gasteiger charge is 2.38. The maximum Gasteiger partial charge on any atom is 0.155 e. The number of unbranched alkanes of at least 4 members (excludes halogenated alkanes) is 1. The summed E-state index contributed by atoms with van der Waals surface area (Å²) in [5.74, 6) is 1.03. The summed E-state index contributed by atoms with van der Waals surface area (Å²) >= 11 is 0. The van der Waals surface area contributed by atoms with Gasteiger partial charge in [0.05, 0.1) is 12.1 Å². The number of hydrogen-bond acceptors (Lipinski definition) is 4. The van der Waals surface area contributed by atoms with Gasteiger partial charge in [-0.1, -0.05) is 68.2 Å². The average Bonchev–Trinajstić information content (AvgIpc) is 2.59. The molecule has 0 aromatic heterocycles. The Balaban J connectivity index is 5.38. The van der Waals surface area contributed by atoms with Crippen LogP contribution in [-0.4, -0.2) is 34.7 Å². The van der Waals surface area contributed by atoms with Crippen LogP contribution in [-0.2, 0) is 9.59 Å². The summed E-state index contributed by atoms with van der Waals surface area (Å²) in [7, 11) is 0. The normalized spacial score (nSPS) is 15.7. The molecule has 190 valence electrons. The second kappa shape index (κ2) is 12.1. The fourth-order valence-electron chi connectivity index (χ4n) is 4.19. The van der Waals surface area contributed by atoms with Crippen molar-refractivity contribution >= 4 is 11.6 Å².